The summed E-state index contributed by atoms with van der Waals surface area (Å²) < 4.78 is 5.22. The summed E-state index contributed by atoms with van der Waals surface area (Å²) in [7, 11) is 3.36. The highest BCUT2D eigenvalue weighted by Gasteiger charge is 2.14. The van der Waals surface area contributed by atoms with Gasteiger partial charge in [-0.15, -0.1) is 0 Å². The minimum atomic E-state index is -0.618. The van der Waals surface area contributed by atoms with Crippen molar-refractivity contribution in [1.82, 2.24) is 10.3 Å². The maximum absolute atomic E-state index is 10.0. The van der Waals surface area contributed by atoms with Gasteiger partial charge in [0, 0.05) is 17.5 Å². The Kier molecular flexibility index (Phi) is 3.56. The number of para-hydroxylation sites is 1. The van der Waals surface area contributed by atoms with Gasteiger partial charge >= 0.3 is 0 Å². The summed E-state index contributed by atoms with van der Waals surface area (Å²) in [5.74, 6) is 0.478. The number of likely N-dealkylation sites (N-methyl/N-ethyl adjacent to an activating group) is 1. The molecule has 0 aliphatic carbocycles. The van der Waals surface area contributed by atoms with Crippen LogP contribution >= 0.6 is 0 Å². The molecule has 1 atom stereocenters. The van der Waals surface area contributed by atoms with Crippen molar-refractivity contribution >= 4 is 10.9 Å². The summed E-state index contributed by atoms with van der Waals surface area (Å²) in [6.07, 6.45) is -0.618. The lowest BCUT2D eigenvalue weighted by atomic mass is 10.1. The Morgan fingerprint density at radius 3 is 2.88 bits per heavy atom. The second-order valence-electron chi connectivity index (χ2n) is 3.85. The number of ether oxygens (including phenoxy) is 1. The van der Waals surface area contributed by atoms with Gasteiger partial charge in [-0.05, 0) is 19.2 Å². The first-order valence-corrected chi connectivity index (χ1v) is 5.52. The summed E-state index contributed by atoms with van der Waals surface area (Å²) in [4.78, 5) is 4.39. The third-order valence-corrected chi connectivity index (χ3v) is 2.67. The molecule has 0 bridgehead atoms. The summed E-state index contributed by atoms with van der Waals surface area (Å²) in [6.45, 7) is 0.469. The molecule has 90 valence electrons. The second-order valence-corrected chi connectivity index (χ2v) is 3.85. The van der Waals surface area contributed by atoms with Crippen LogP contribution in [-0.4, -0.2) is 30.8 Å². The SMILES string of the molecule is CNCC(O)c1cc2ccccc2nc1OC. The minimum Gasteiger partial charge on any atom is -0.481 e. The van der Waals surface area contributed by atoms with Crippen LogP contribution in [0.3, 0.4) is 0 Å². The number of methoxy groups -OCH3 is 1. The summed E-state index contributed by atoms with van der Waals surface area (Å²) in [5, 5.41) is 13.9. The van der Waals surface area contributed by atoms with E-state index in [1.54, 1.807) is 14.2 Å². The van der Waals surface area contributed by atoms with Gasteiger partial charge in [-0.1, -0.05) is 18.2 Å². The molecule has 1 aromatic carbocycles. The number of rotatable bonds is 4. The van der Waals surface area contributed by atoms with Crippen molar-refractivity contribution in [3.05, 3.63) is 35.9 Å². The molecule has 4 nitrogen and oxygen atoms in total. The Labute approximate surface area is 100 Å². The molecule has 1 unspecified atom stereocenters. The molecule has 0 aliphatic rings. The van der Waals surface area contributed by atoms with Crippen LogP contribution in [0.25, 0.3) is 10.9 Å². The smallest absolute Gasteiger partial charge is 0.219 e. The van der Waals surface area contributed by atoms with Crippen LogP contribution in [0.5, 0.6) is 5.88 Å². The summed E-state index contributed by atoms with van der Waals surface area (Å²) in [6, 6.07) is 9.69. The molecule has 0 saturated heterocycles. The minimum absolute atomic E-state index is 0.469. The number of nitrogens with one attached hydrogen (secondary N) is 1. The molecule has 0 radical (unpaired) electrons. The van der Waals surface area contributed by atoms with Crippen LogP contribution in [0.1, 0.15) is 11.7 Å². The van der Waals surface area contributed by atoms with E-state index >= 15 is 0 Å². The van der Waals surface area contributed by atoms with Crippen LogP contribution in [0, 0.1) is 0 Å². The molecule has 1 aromatic heterocycles. The number of aromatic nitrogens is 1. The lowest BCUT2D eigenvalue weighted by molar-refractivity contribution is 0.172. The van der Waals surface area contributed by atoms with Gasteiger partial charge in [-0.3, -0.25) is 0 Å². The Bertz CT molecular complexity index is 514. The van der Waals surface area contributed by atoms with Crippen molar-refractivity contribution in [3.63, 3.8) is 0 Å². The van der Waals surface area contributed by atoms with E-state index < -0.39 is 6.10 Å². The van der Waals surface area contributed by atoms with Gasteiger partial charge in [-0.2, -0.15) is 0 Å². The van der Waals surface area contributed by atoms with Gasteiger partial charge in [-0.25, -0.2) is 4.98 Å². The maximum Gasteiger partial charge on any atom is 0.219 e. The quantitative estimate of drug-likeness (QED) is 0.838. The van der Waals surface area contributed by atoms with Gasteiger partial charge in [0.1, 0.15) is 0 Å². The number of benzene rings is 1. The van der Waals surface area contributed by atoms with Gasteiger partial charge in [0.05, 0.1) is 18.7 Å². The zero-order valence-electron chi connectivity index (χ0n) is 9.97. The van der Waals surface area contributed by atoms with E-state index in [4.69, 9.17) is 4.74 Å². The van der Waals surface area contributed by atoms with E-state index in [1.165, 1.54) is 0 Å². The highest BCUT2D eigenvalue weighted by molar-refractivity contribution is 5.80. The fourth-order valence-electron chi connectivity index (χ4n) is 1.82. The average Bonchev–Trinajstić information content (AvgIpc) is 2.37. The number of nitrogens with zero attached hydrogens (tertiary/aromatic N) is 1. The van der Waals surface area contributed by atoms with E-state index in [0.29, 0.717) is 18.0 Å². The van der Waals surface area contributed by atoms with Crippen molar-refractivity contribution in [2.45, 2.75) is 6.10 Å². The third-order valence-electron chi connectivity index (χ3n) is 2.67. The molecular formula is C13H16N2O2. The highest BCUT2D eigenvalue weighted by atomic mass is 16.5. The van der Waals surface area contributed by atoms with Crippen molar-refractivity contribution < 1.29 is 9.84 Å². The summed E-state index contributed by atoms with van der Waals surface area (Å²) >= 11 is 0. The average molecular weight is 232 g/mol. The third kappa shape index (κ3) is 2.38. The number of aliphatic hydroxyl groups excluding tert-OH is 1. The van der Waals surface area contributed by atoms with E-state index in [1.807, 2.05) is 30.3 Å². The van der Waals surface area contributed by atoms with Gasteiger partial charge in [0.2, 0.25) is 5.88 Å². The summed E-state index contributed by atoms with van der Waals surface area (Å²) in [5.41, 5.74) is 1.57. The van der Waals surface area contributed by atoms with Gasteiger partial charge in [0.15, 0.2) is 0 Å². The number of aliphatic hydroxyl groups is 1. The van der Waals surface area contributed by atoms with Gasteiger partial charge in [0.25, 0.3) is 0 Å². The maximum atomic E-state index is 10.0. The first-order valence-electron chi connectivity index (χ1n) is 5.52. The monoisotopic (exact) mass is 232 g/mol. The number of fused-ring (bicyclic) bond motifs is 1. The van der Waals surface area contributed by atoms with E-state index in [9.17, 15) is 5.11 Å². The van der Waals surface area contributed by atoms with Crippen molar-refractivity contribution in [2.75, 3.05) is 20.7 Å². The molecule has 4 heteroatoms. The van der Waals surface area contributed by atoms with Crippen molar-refractivity contribution in [1.29, 1.82) is 0 Å². The molecule has 0 fully saturated rings. The molecular weight excluding hydrogens is 216 g/mol. The molecule has 0 aliphatic heterocycles. The molecule has 0 amide bonds. The largest absolute Gasteiger partial charge is 0.481 e. The number of hydrogen-bond donors (Lipinski definition) is 2. The Morgan fingerprint density at radius 1 is 1.41 bits per heavy atom. The zero-order valence-corrected chi connectivity index (χ0v) is 9.97. The van der Waals surface area contributed by atoms with E-state index in [2.05, 4.69) is 10.3 Å². The molecule has 2 N–H and O–H groups in total. The predicted octanol–water partition coefficient (Wildman–Crippen LogP) is 1.50. The Hall–Kier alpha value is -1.65. The molecule has 17 heavy (non-hydrogen) atoms. The molecule has 0 spiro atoms. The lowest BCUT2D eigenvalue weighted by Crippen LogP contribution is -2.17. The van der Waals surface area contributed by atoms with Crippen LogP contribution < -0.4 is 10.1 Å². The van der Waals surface area contributed by atoms with Crippen LogP contribution in [0.4, 0.5) is 0 Å². The van der Waals surface area contributed by atoms with Crippen LogP contribution in [0.15, 0.2) is 30.3 Å². The van der Waals surface area contributed by atoms with Gasteiger partial charge < -0.3 is 15.2 Å². The predicted molar refractivity (Wildman–Crippen MR) is 67.2 cm³/mol. The van der Waals surface area contributed by atoms with Crippen molar-refractivity contribution in [3.8, 4) is 5.88 Å². The highest BCUT2D eigenvalue weighted by Crippen LogP contribution is 2.26. The normalized spacial score (nSPS) is 12.6. The Morgan fingerprint density at radius 2 is 2.18 bits per heavy atom. The zero-order chi connectivity index (χ0) is 12.3. The second kappa shape index (κ2) is 5.12. The first-order chi connectivity index (χ1) is 8.26. The fraction of sp³-hybridized carbons (Fsp3) is 0.308. The first kappa shape index (κ1) is 11.8. The van der Waals surface area contributed by atoms with E-state index in [-0.39, 0.29) is 0 Å². The standard InChI is InChI=1S/C13H16N2O2/c1-14-8-12(16)10-7-9-5-3-4-6-11(9)15-13(10)17-2/h3-7,12,14,16H,8H2,1-2H3. The topological polar surface area (TPSA) is 54.4 Å². The molecule has 0 saturated carbocycles. The fourth-order valence-corrected chi connectivity index (χ4v) is 1.82. The molecule has 1 heterocycles. The number of hydrogen-bond acceptors (Lipinski definition) is 4. The van der Waals surface area contributed by atoms with Crippen LogP contribution in [0.2, 0.25) is 0 Å². The Balaban J connectivity index is 2.52. The molecule has 2 aromatic rings. The van der Waals surface area contributed by atoms with Crippen molar-refractivity contribution in [2.24, 2.45) is 0 Å². The number of pyridine rings is 1. The lowest BCUT2D eigenvalue weighted by Gasteiger charge is -2.14. The molecule has 2 rings (SSSR count). The van der Waals surface area contributed by atoms with Crippen LogP contribution in [-0.2, 0) is 0 Å². The van der Waals surface area contributed by atoms with E-state index in [0.717, 1.165) is 10.9 Å².